The molecule has 0 radical (unpaired) electrons. The maximum absolute atomic E-state index is 12.0. The minimum atomic E-state index is -0.377. The van der Waals surface area contributed by atoms with Crippen LogP contribution in [0.25, 0.3) is 6.08 Å². The third-order valence-electron chi connectivity index (χ3n) is 2.96. The van der Waals surface area contributed by atoms with Gasteiger partial charge < -0.3 is 14.7 Å². The van der Waals surface area contributed by atoms with Gasteiger partial charge in [0.2, 0.25) is 11.8 Å². The molecule has 0 aliphatic rings. The summed E-state index contributed by atoms with van der Waals surface area (Å²) >= 11 is 11.8. The molecular formula is C16H15Cl2N3O3. The molecule has 0 aliphatic heterocycles. The van der Waals surface area contributed by atoms with E-state index in [1.807, 2.05) is 0 Å². The Labute approximate surface area is 149 Å². The summed E-state index contributed by atoms with van der Waals surface area (Å²) in [5, 5.41) is 7.15. The normalized spacial score (nSPS) is 10.8. The highest BCUT2D eigenvalue weighted by atomic mass is 35.5. The standard InChI is InChI=1S/C16H15Cl2N3O3/c1-10-5-14(20-24-10)19-15(22)9-21(2)16(23)4-3-11-6-12(17)8-13(18)7-11/h3-8H,9H2,1-2H3,(H,19,20,22). The van der Waals surface area contributed by atoms with E-state index >= 15 is 0 Å². The van der Waals surface area contributed by atoms with Crippen molar-refractivity contribution in [3.63, 3.8) is 0 Å². The highest BCUT2D eigenvalue weighted by molar-refractivity contribution is 6.34. The van der Waals surface area contributed by atoms with Crippen LogP contribution in [0.5, 0.6) is 0 Å². The molecule has 0 saturated heterocycles. The van der Waals surface area contributed by atoms with E-state index in [4.69, 9.17) is 27.7 Å². The predicted octanol–water partition coefficient (Wildman–Crippen LogP) is 3.40. The molecule has 0 saturated carbocycles. The van der Waals surface area contributed by atoms with Crippen LogP contribution in [0.1, 0.15) is 11.3 Å². The van der Waals surface area contributed by atoms with E-state index < -0.39 is 0 Å². The van der Waals surface area contributed by atoms with E-state index in [0.29, 0.717) is 27.2 Å². The first-order valence-electron chi connectivity index (χ1n) is 6.96. The Balaban J connectivity index is 1.91. The Kier molecular flexibility index (Phi) is 6.00. The van der Waals surface area contributed by atoms with E-state index in [9.17, 15) is 9.59 Å². The van der Waals surface area contributed by atoms with E-state index in [1.54, 1.807) is 37.3 Å². The Morgan fingerprint density at radius 2 is 1.92 bits per heavy atom. The number of aromatic nitrogens is 1. The molecule has 126 valence electrons. The van der Waals surface area contributed by atoms with Crippen molar-refractivity contribution >= 4 is 46.9 Å². The summed E-state index contributed by atoms with van der Waals surface area (Å²) < 4.78 is 4.85. The molecule has 2 rings (SSSR count). The molecule has 2 aromatic rings. The monoisotopic (exact) mass is 367 g/mol. The number of likely N-dealkylation sites (N-methyl/N-ethyl adjacent to an activating group) is 1. The summed E-state index contributed by atoms with van der Waals surface area (Å²) in [6, 6.07) is 6.54. The first kappa shape index (κ1) is 18.0. The van der Waals surface area contributed by atoms with Crippen LogP contribution in [0.15, 0.2) is 34.9 Å². The second-order valence-corrected chi connectivity index (χ2v) is 5.97. The van der Waals surface area contributed by atoms with Gasteiger partial charge >= 0.3 is 0 Å². The summed E-state index contributed by atoms with van der Waals surface area (Å²) in [7, 11) is 1.52. The molecule has 0 fully saturated rings. The largest absolute Gasteiger partial charge is 0.360 e. The zero-order chi connectivity index (χ0) is 17.7. The average Bonchev–Trinajstić information content (AvgIpc) is 2.88. The zero-order valence-electron chi connectivity index (χ0n) is 13.0. The van der Waals surface area contributed by atoms with Gasteiger partial charge in [-0.1, -0.05) is 28.4 Å². The molecule has 24 heavy (non-hydrogen) atoms. The lowest BCUT2D eigenvalue weighted by atomic mass is 10.2. The topological polar surface area (TPSA) is 75.4 Å². The fourth-order valence-corrected chi connectivity index (χ4v) is 2.41. The van der Waals surface area contributed by atoms with Gasteiger partial charge in [-0.3, -0.25) is 9.59 Å². The first-order valence-corrected chi connectivity index (χ1v) is 7.71. The molecule has 0 bridgehead atoms. The van der Waals surface area contributed by atoms with Crippen LogP contribution < -0.4 is 5.32 Å². The van der Waals surface area contributed by atoms with Crippen molar-refractivity contribution in [2.45, 2.75) is 6.92 Å². The number of nitrogens with zero attached hydrogens (tertiary/aromatic N) is 2. The number of benzene rings is 1. The van der Waals surface area contributed by atoms with Gasteiger partial charge in [-0.2, -0.15) is 0 Å². The smallest absolute Gasteiger partial charge is 0.246 e. The number of rotatable bonds is 5. The minimum absolute atomic E-state index is 0.120. The van der Waals surface area contributed by atoms with Crippen LogP contribution in [-0.2, 0) is 9.59 Å². The molecule has 2 amide bonds. The lowest BCUT2D eigenvalue weighted by molar-refractivity contribution is -0.129. The molecule has 1 aromatic heterocycles. The van der Waals surface area contributed by atoms with Gasteiger partial charge in [0.05, 0.1) is 6.54 Å². The lowest BCUT2D eigenvalue weighted by Crippen LogP contribution is -2.33. The van der Waals surface area contributed by atoms with Crippen LogP contribution >= 0.6 is 23.2 Å². The van der Waals surface area contributed by atoms with E-state index in [-0.39, 0.29) is 18.4 Å². The third-order valence-corrected chi connectivity index (χ3v) is 3.39. The van der Waals surface area contributed by atoms with Crippen molar-refractivity contribution in [2.24, 2.45) is 0 Å². The highest BCUT2D eigenvalue weighted by Gasteiger charge is 2.12. The molecular weight excluding hydrogens is 353 g/mol. The Hall–Kier alpha value is -2.31. The fraction of sp³-hybridized carbons (Fsp3) is 0.188. The van der Waals surface area contributed by atoms with Gasteiger partial charge in [0.15, 0.2) is 5.82 Å². The SMILES string of the molecule is Cc1cc(NC(=O)CN(C)C(=O)C=Cc2cc(Cl)cc(Cl)c2)no1. The first-order chi connectivity index (χ1) is 11.3. The van der Waals surface area contributed by atoms with Gasteiger partial charge in [0, 0.05) is 29.2 Å². The summed E-state index contributed by atoms with van der Waals surface area (Å²) in [5.41, 5.74) is 0.691. The van der Waals surface area contributed by atoms with Crippen LogP contribution in [0, 0.1) is 6.92 Å². The third kappa shape index (κ3) is 5.40. The molecule has 1 N–H and O–H groups in total. The van der Waals surface area contributed by atoms with Gasteiger partial charge in [0.1, 0.15) is 5.76 Å². The minimum Gasteiger partial charge on any atom is -0.360 e. The molecule has 0 aliphatic carbocycles. The van der Waals surface area contributed by atoms with Gasteiger partial charge in [-0.15, -0.1) is 0 Å². The second-order valence-electron chi connectivity index (χ2n) is 5.10. The highest BCUT2D eigenvalue weighted by Crippen LogP contribution is 2.19. The van der Waals surface area contributed by atoms with E-state index in [2.05, 4.69) is 10.5 Å². The number of amides is 2. The van der Waals surface area contributed by atoms with Gasteiger partial charge in [0.25, 0.3) is 0 Å². The molecule has 0 unspecified atom stereocenters. The van der Waals surface area contributed by atoms with E-state index in [1.165, 1.54) is 18.0 Å². The molecule has 0 atom stereocenters. The maximum Gasteiger partial charge on any atom is 0.246 e. The summed E-state index contributed by atoms with van der Waals surface area (Å²) in [5.74, 6) is 0.177. The van der Waals surface area contributed by atoms with Crippen LogP contribution in [0.4, 0.5) is 5.82 Å². The molecule has 6 nitrogen and oxygen atoms in total. The number of anilines is 1. The van der Waals surface area contributed by atoms with Crippen molar-refractivity contribution in [3.8, 4) is 0 Å². The van der Waals surface area contributed by atoms with Crippen molar-refractivity contribution in [1.82, 2.24) is 10.1 Å². The maximum atomic E-state index is 12.0. The number of hydrogen-bond donors (Lipinski definition) is 1. The summed E-state index contributed by atoms with van der Waals surface area (Å²) in [6.45, 7) is 1.59. The Morgan fingerprint density at radius 1 is 1.25 bits per heavy atom. The molecule has 8 heteroatoms. The van der Waals surface area contributed by atoms with Gasteiger partial charge in [-0.05, 0) is 36.8 Å². The van der Waals surface area contributed by atoms with Crippen LogP contribution in [-0.4, -0.2) is 35.5 Å². The van der Waals surface area contributed by atoms with Crippen molar-refractivity contribution < 1.29 is 14.1 Å². The summed E-state index contributed by atoms with van der Waals surface area (Å²) in [4.78, 5) is 25.2. The molecule has 0 spiro atoms. The lowest BCUT2D eigenvalue weighted by Gasteiger charge is -2.13. The van der Waals surface area contributed by atoms with E-state index in [0.717, 1.165) is 0 Å². The van der Waals surface area contributed by atoms with Crippen LogP contribution in [0.2, 0.25) is 10.0 Å². The van der Waals surface area contributed by atoms with Crippen molar-refractivity contribution in [1.29, 1.82) is 0 Å². The number of aryl methyl sites for hydroxylation is 1. The Morgan fingerprint density at radius 3 is 2.50 bits per heavy atom. The summed E-state index contributed by atoms with van der Waals surface area (Å²) in [6.07, 6.45) is 2.92. The number of halogens is 2. The fourth-order valence-electron chi connectivity index (χ4n) is 1.87. The molecule has 1 heterocycles. The van der Waals surface area contributed by atoms with Crippen molar-refractivity contribution in [2.75, 3.05) is 18.9 Å². The quantitative estimate of drug-likeness (QED) is 0.821. The zero-order valence-corrected chi connectivity index (χ0v) is 14.6. The predicted molar refractivity (Wildman–Crippen MR) is 93.0 cm³/mol. The number of carbonyl (C=O) groups excluding carboxylic acids is 2. The van der Waals surface area contributed by atoms with Gasteiger partial charge in [-0.25, -0.2) is 0 Å². The number of carbonyl (C=O) groups is 2. The average molecular weight is 368 g/mol. The van der Waals surface area contributed by atoms with Crippen molar-refractivity contribution in [3.05, 3.63) is 51.7 Å². The second kappa shape index (κ2) is 7.99. The number of nitrogens with one attached hydrogen (secondary N) is 1. The number of hydrogen-bond acceptors (Lipinski definition) is 4. The van der Waals surface area contributed by atoms with Crippen LogP contribution in [0.3, 0.4) is 0 Å². The Bertz CT molecular complexity index is 766. The molecule has 1 aromatic carbocycles.